The number of hydrogen-bond donors (Lipinski definition) is 2. The molecule has 0 bridgehead atoms. The number of primary amides is 1. The van der Waals surface area contributed by atoms with Crippen molar-refractivity contribution in [2.75, 3.05) is 19.4 Å². The third-order valence-electron chi connectivity index (χ3n) is 3.30. The van der Waals surface area contributed by atoms with Crippen LogP contribution in [-0.2, 0) is 6.54 Å². The van der Waals surface area contributed by atoms with Gasteiger partial charge in [-0.3, -0.25) is 9.59 Å². The van der Waals surface area contributed by atoms with Crippen molar-refractivity contribution < 1.29 is 14.0 Å². The SMILES string of the molecule is CN(C)Cc1ccc(C(N)=O)cc1NC(=O)c1ccc(F)cc1Cl. The van der Waals surface area contributed by atoms with Gasteiger partial charge in [0.15, 0.2) is 0 Å². The Labute approximate surface area is 144 Å². The summed E-state index contributed by atoms with van der Waals surface area (Å²) < 4.78 is 13.1. The van der Waals surface area contributed by atoms with Gasteiger partial charge in [0.25, 0.3) is 5.91 Å². The molecule has 0 aliphatic heterocycles. The first kappa shape index (κ1) is 17.9. The number of carbonyl (C=O) groups is 2. The number of hydrogen-bond acceptors (Lipinski definition) is 3. The number of rotatable bonds is 5. The second kappa shape index (κ2) is 7.42. The van der Waals surface area contributed by atoms with Crippen molar-refractivity contribution in [3.63, 3.8) is 0 Å². The summed E-state index contributed by atoms with van der Waals surface area (Å²) in [7, 11) is 3.76. The molecule has 0 fully saturated rings. The van der Waals surface area contributed by atoms with E-state index in [1.165, 1.54) is 12.1 Å². The van der Waals surface area contributed by atoms with E-state index in [1.54, 1.807) is 12.1 Å². The van der Waals surface area contributed by atoms with Crippen molar-refractivity contribution in [2.45, 2.75) is 6.54 Å². The molecule has 0 saturated carbocycles. The van der Waals surface area contributed by atoms with Crippen LogP contribution in [0, 0.1) is 5.82 Å². The van der Waals surface area contributed by atoms with E-state index in [0.717, 1.165) is 17.7 Å². The second-order valence-corrected chi connectivity index (χ2v) is 5.96. The summed E-state index contributed by atoms with van der Waals surface area (Å²) in [4.78, 5) is 25.7. The van der Waals surface area contributed by atoms with Crippen molar-refractivity contribution in [3.05, 3.63) is 63.9 Å². The van der Waals surface area contributed by atoms with Gasteiger partial charge in [-0.15, -0.1) is 0 Å². The van der Waals surface area contributed by atoms with Gasteiger partial charge in [-0.2, -0.15) is 0 Å². The zero-order valence-electron chi connectivity index (χ0n) is 13.3. The van der Waals surface area contributed by atoms with Crippen molar-refractivity contribution in [3.8, 4) is 0 Å². The molecule has 0 aromatic heterocycles. The minimum Gasteiger partial charge on any atom is -0.366 e. The molecule has 7 heteroatoms. The first-order valence-corrected chi connectivity index (χ1v) is 7.49. The summed E-state index contributed by atoms with van der Waals surface area (Å²) in [6, 6.07) is 8.36. The fourth-order valence-corrected chi connectivity index (χ4v) is 2.44. The van der Waals surface area contributed by atoms with E-state index in [0.29, 0.717) is 12.2 Å². The van der Waals surface area contributed by atoms with Gasteiger partial charge >= 0.3 is 0 Å². The molecule has 2 amide bonds. The third kappa shape index (κ3) is 4.31. The standard InChI is InChI=1S/C17H17ClFN3O2/c1-22(2)9-11-4-3-10(16(20)23)7-15(11)21-17(24)13-6-5-12(19)8-14(13)18/h3-8H,9H2,1-2H3,(H2,20,23)(H,21,24). The molecule has 0 radical (unpaired) electrons. The van der Waals surface area contributed by atoms with E-state index < -0.39 is 17.6 Å². The van der Waals surface area contributed by atoms with Crippen LogP contribution in [0.5, 0.6) is 0 Å². The molecule has 0 spiro atoms. The van der Waals surface area contributed by atoms with Crippen molar-refractivity contribution in [2.24, 2.45) is 5.73 Å². The molecule has 0 aliphatic carbocycles. The normalized spacial score (nSPS) is 10.7. The number of amides is 2. The van der Waals surface area contributed by atoms with Crippen LogP contribution in [0.15, 0.2) is 36.4 Å². The van der Waals surface area contributed by atoms with E-state index >= 15 is 0 Å². The lowest BCUT2D eigenvalue weighted by molar-refractivity contribution is 0.0996. The molecular formula is C17H17ClFN3O2. The average molecular weight is 350 g/mol. The molecule has 2 aromatic rings. The Morgan fingerprint density at radius 1 is 1.21 bits per heavy atom. The highest BCUT2D eigenvalue weighted by Crippen LogP contribution is 2.23. The topological polar surface area (TPSA) is 75.4 Å². The summed E-state index contributed by atoms with van der Waals surface area (Å²) in [5.41, 5.74) is 6.96. The van der Waals surface area contributed by atoms with Gasteiger partial charge < -0.3 is 16.0 Å². The van der Waals surface area contributed by atoms with Gasteiger partial charge in [0.1, 0.15) is 5.82 Å². The number of nitrogens with zero attached hydrogens (tertiary/aromatic N) is 1. The Morgan fingerprint density at radius 3 is 2.50 bits per heavy atom. The molecule has 5 nitrogen and oxygen atoms in total. The predicted molar refractivity (Wildman–Crippen MR) is 91.7 cm³/mol. The average Bonchev–Trinajstić information content (AvgIpc) is 2.48. The molecular weight excluding hydrogens is 333 g/mol. The van der Waals surface area contributed by atoms with Crippen LogP contribution < -0.4 is 11.1 Å². The number of halogens is 2. The molecule has 2 rings (SSSR count). The Hall–Kier alpha value is -2.44. The lowest BCUT2D eigenvalue weighted by atomic mass is 10.1. The van der Waals surface area contributed by atoms with Crippen LogP contribution >= 0.6 is 11.6 Å². The molecule has 0 atom stereocenters. The smallest absolute Gasteiger partial charge is 0.257 e. The predicted octanol–water partition coefficient (Wildman–Crippen LogP) is 2.89. The van der Waals surface area contributed by atoms with Crippen molar-refractivity contribution in [1.29, 1.82) is 0 Å². The highest BCUT2D eigenvalue weighted by atomic mass is 35.5. The lowest BCUT2D eigenvalue weighted by Gasteiger charge is -2.16. The molecule has 0 saturated heterocycles. The summed E-state index contributed by atoms with van der Waals surface area (Å²) in [5, 5.41) is 2.71. The van der Waals surface area contributed by atoms with E-state index in [9.17, 15) is 14.0 Å². The number of benzene rings is 2. The summed E-state index contributed by atoms with van der Waals surface area (Å²) in [6.07, 6.45) is 0. The van der Waals surface area contributed by atoms with E-state index in [2.05, 4.69) is 5.32 Å². The maximum Gasteiger partial charge on any atom is 0.257 e. The van der Waals surface area contributed by atoms with Crippen LogP contribution in [0.1, 0.15) is 26.3 Å². The van der Waals surface area contributed by atoms with Crippen LogP contribution in [-0.4, -0.2) is 30.8 Å². The number of nitrogens with one attached hydrogen (secondary N) is 1. The number of carbonyl (C=O) groups excluding carboxylic acids is 2. The molecule has 3 N–H and O–H groups in total. The van der Waals surface area contributed by atoms with Gasteiger partial charge in [-0.1, -0.05) is 17.7 Å². The van der Waals surface area contributed by atoms with Gasteiger partial charge in [0.2, 0.25) is 5.91 Å². The molecule has 24 heavy (non-hydrogen) atoms. The zero-order valence-corrected chi connectivity index (χ0v) is 14.0. The fourth-order valence-electron chi connectivity index (χ4n) is 2.19. The fraction of sp³-hybridized carbons (Fsp3) is 0.176. The quantitative estimate of drug-likeness (QED) is 0.871. The van der Waals surface area contributed by atoms with Crippen LogP contribution in [0.4, 0.5) is 10.1 Å². The van der Waals surface area contributed by atoms with Crippen molar-refractivity contribution in [1.82, 2.24) is 4.90 Å². The maximum atomic E-state index is 13.1. The summed E-state index contributed by atoms with van der Waals surface area (Å²) in [6.45, 7) is 0.547. The van der Waals surface area contributed by atoms with Gasteiger partial charge in [0, 0.05) is 17.8 Å². The van der Waals surface area contributed by atoms with Crippen LogP contribution in [0.25, 0.3) is 0 Å². The Morgan fingerprint density at radius 2 is 1.92 bits per heavy atom. The number of anilines is 1. The zero-order chi connectivity index (χ0) is 17.9. The van der Waals surface area contributed by atoms with Crippen LogP contribution in [0.3, 0.4) is 0 Å². The first-order chi connectivity index (χ1) is 11.3. The van der Waals surface area contributed by atoms with Gasteiger partial charge in [-0.05, 0) is 50.0 Å². The Bertz CT molecular complexity index is 793. The highest BCUT2D eigenvalue weighted by Gasteiger charge is 2.15. The minimum atomic E-state index is -0.596. The van der Waals surface area contributed by atoms with Gasteiger partial charge in [-0.25, -0.2) is 4.39 Å². The molecule has 0 unspecified atom stereocenters. The molecule has 0 heterocycles. The van der Waals surface area contributed by atoms with E-state index in [1.807, 2.05) is 19.0 Å². The summed E-state index contributed by atoms with van der Waals surface area (Å²) in [5.74, 6) is -1.62. The Balaban J connectivity index is 2.36. The first-order valence-electron chi connectivity index (χ1n) is 7.12. The summed E-state index contributed by atoms with van der Waals surface area (Å²) >= 11 is 5.91. The second-order valence-electron chi connectivity index (χ2n) is 5.55. The Kier molecular flexibility index (Phi) is 5.54. The largest absolute Gasteiger partial charge is 0.366 e. The molecule has 126 valence electrons. The number of nitrogens with two attached hydrogens (primary N) is 1. The molecule has 2 aromatic carbocycles. The third-order valence-corrected chi connectivity index (χ3v) is 3.62. The van der Waals surface area contributed by atoms with E-state index in [4.69, 9.17) is 17.3 Å². The van der Waals surface area contributed by atoms with Crippen molar-refractivity contribution >= 4 is 29.1 Å². The van der Waals surface area contributed by atoms with Crippen LogP contribution in [0.2, 0.25) is 5.02 Å². The maximum absolute atomic E-state index is 13.1. The van der Waals surface area contributed by atoms with E-state index in [-0.39, 0.29) is 16.1 Å². The lowest BCUT2D eigenvalue weighted by Crippen LogP contribution is -2.18. The monoisotopic (exact) mass is 349 g/mol. The highest BCUT2D eigenvalue weighted by molar-refractivity contribution is 6.34. The van der Waals surface area contributed by atoms with Gasteiger partial charge in [0.05, 0.1) is 10.6 Å². The minimum absolute atomic E-state index is 0.00714. The molecule has 0 aliphatic rings.